The summed E-state index contributed by atoms with van der Waals surface area (Å²) in [4.78, 5) is -0.235. The Balaban J connectivity index is 1.56. The molecule has 1 heterocycles. The van der Waals surface area contributed by atoms with Crippen LogP contribution in [0.5, 0.6) is 11.6 Å². The molecule has 0 amide bonds. The third kappa shape index (κ3) is 6.14. The first-order valence-corrected chi connectivity index (χ1v) is 13.8. The van der Waals surface area contributed by atoms with E-state index < -0.39 is 22.1 Å². The zero-order valence-electron chi connectivity index (χ0n) is 20.8. The van der Waals surface area contributed by atoms with E-state index in [0.717, 1.165) is 28.5 Å². The van der Waals surface area contributed by atoms with Crippen molar-refractivity contribution < 1.29 is 31.4 Å². The van der Waals surface area contributed by atoms with Gasteiger partial charge in [-0.25, -0.2) is 13.6 Å². The van der Waals surface area contributed by atoms with Crippen molar-refractivity contribution in [2.75, 3.05) is 5.32 Å². The van der Waals surface area contributed by atoms with Crippen molar-refractivity contribution in [2.45, 2.75) is 17.8 Å². The van der Waals surface area contributed by atoms with Crippen molar-refractivity contribution in [1.29, 1.82) is 0 Å². The maximum atomic E-state index is 12.9. The zero-order valence-corrected chi connectivity index (χ0v) is 22.5. The van der Waals surface area contributed by atoms with Gasteiger partial charge in [-0.15, -0.1) is 23.4 Å². The monoisotopic (exact) mass is 599 g/mol. The Morgan fingerprint density at radius 1 is 1.00 bits per heavy atom. The predicted octanol–water partition coefficient (Wildman–Crippen LogP) is 6.58. The lowest BCUT2D eigenvalue weighted by Gasteiger charge is -2.11. The Morgan fingerprint density at radius 3 is 2.46 bits per heavy atom. The van der Waals surface area contributed by atoms with Crippen LogP contribution in [0.3, 0.4) is 0 Å². The second-order valence-corrected chi connectivity index (χ2v) is 10.7. The van der Waals surface area contributed by atoms with Crippen LogP contribution >= 0.6 is 12.2 Å². The SMILES string of the molecule is NS(=O)(=O)c1ccccc1NC(=S)N=Nc1c(O)n(Cc2cccc3ccccc23)c2ccc(OC(F)(F)F)cc12. The molecule has 41 heavy (non-hydrogen) atoms. The largest absolute Gasteiger partial charge is 0.573 e. The van der Waals surface area contributed by atoms with Gasteiger partial charge in [-0.1, -0.05) is 54.6 Å². The van der Waals surface area contributed by atoms with E-state index in [4.69, 9.17) is 17.4 Å². The maximum Gasteiger partial charge on any atom is 0.573 e. The van der Waals surface area contributed by atoms with Gasteiger partial charge in [0, 0.05) is 5.39 Å². The van der Waals surface area contributed by atoms with Crippen LogP contribution in [0.2, 0.25) is 0 Å². The van der Waals surface area contributed by atoms with E-state index in [-0.39, 0.29) is 39.2 Å². The van der Waals surface area contributed by atoms with Gasteiger partial charge in [0.25, 0.3) is 0 Å². The second kappa shape index (κ2) is 10.8. The lowest BCUT2D eigenvalue weighted by Crippen LogP contribution is -2.17. The maximum absolute atomic E-state index is 12.9. The van der Waals surface area contributed by atoms with E-state index >= 15 is 0 Å². The van der Waals surface area contributed by atoms with Crippen molar-refractivity contribution in [1.82, 2.24) is 4.57 Å². The van der Waals surface area contributed by atoms with Gasteiger partial charge < -0.3 is 19.7 Å². The standard InChI is InChI=1S/C27H20F3N5O4S2/c28-27(29,30)39-18-12-13-22-20(14-18)24(33-34-26(40)32-21-10-3-4-11-23(21)41(31,37)38)25(36)35(22)15-17-8-5-7-16-6-1-2-9-19(16)17/h1-14,36H,15H2,(H,32,40)(H2,31,37,38). The molecule has 4 N–H and O–H groups in total. The van der Waals surface area contributed by atoms with Gasteiger partial charge in [-0.2, -0.15) is 0 Å². The molecule has 5 aromatic rings. The summed E-state index contributed by atoms with van der Waals surface area (Å²) in [6.45, 7) is 0.156. The molecule has 5 rings (SSSR count). The highest BCUT2D eigenvalue weighted by Gasteiger charge is 2.31. The molecule has 0 aliphatic heterocycles. The van der Waals surface area contributed by atoms with Crippen molar-refractivity contribution in [3.8, 4) is 11.6 Å². The molecule has 0 saturated heterocycles. The first kappa shape index (κ1) is 28.0. The Morgan fingerprint density at radius 2 is 1.71 bits per heavy atom. The summed E-state index contributed by atoms with van der Waals surface area (Å²) < 4.78 is 68.2. The average Bonchev–Trinajstić information content (AvgIpc) is 3.16. The molecule has 0 aliphatic rings. The van der Waals surface area contributed by atoms with Crippen LogP contribution in [0.1, 0.15) is 5.56 Å². The van der Waals surface area contributed by atoms with Crippen LogP contribution in [0, 0.1) is 0 Å². The zero-order chi connectivity index (χ0) is 29.4. The number of thiocarbonyl (C=S) groups is 1. The summed E-state index contributed by atoms with van der Waals surface area (Å²) in [5.41, 5.74) is 1.07. The Bertz CT molecular complexity index is 1930. The van der Waals surface area contributed by atoms with Gasteiger partial charge >= 0.3 is 6.36 Å². The predicted molar refractivity (Wildman–Crippen MR) is 152 cm³/mol. The van der Waals surface area contributed by atoms with Crippen molar-refractivity contribution in [3.05, 3.63) is 90.5 Å². The van der Waals surface area contributed by atoms with E-state index in [9.17, 15) is 26.7 Å². The molecule has 4 aromatic carbocycles. The summed E-state index contributed by atoms with van der Waals surface area (Å²) >= 11 is 5.18. The fourth-order valence-corrected chi connectivity index (χ4v) is 5.26. The van der Waals surface area contributed by atoms with Crippen molar-refractivity contribution in [2.24, 2.45) is 15.4 Å². The molecule has 0 aliphatic carbocycles. The summed E-state index contributed by atoms with van der Waals surface area (Å²) in [7, 11) is -4.09. The van der Waals surface area contributed by atoms with E-state index in [1.807, 2.05) is 42.5 Å². The number of benzene rings is 4. The van der Waals surface area contributed by atoms with Gasteiger partial charge in [0.05, 0.1) is 17.7 Å². The van der Waals surface area contributed by atoms with E-state index in [0.29, 0.717) is 5.52 Å². The molecular weight excluding hydrogens is 579 g/mol. The Labute approximate surface area is 236 Å². The molecule has 9 nitrogen and oxygen atoms in total. The Kier molecular flexibility index (Phi) is 7.38. The smallest absolute Gasteiger partial charge is 0.493 e. The van der Waals surface area contributed by atoms with Crippen LogP contribution in [0.25, 0.3) is 21.7 Å². The number of nitrogens with one attached hydrogen (secondary N) is 1. The summed E-state index contributed by atoms with van der Waals surface area (Å²) in [5, 5.41) is 28.7. The first-order valence-electron chi connectivity index (χ1n) is 11.8. The number of hydrogen-bond acceptors (Lipinski definition) is 6. The number of para-hydroxylation sites is 1. The number of alkyl halides is 3. The van der Waals surface area contributed by atoms with E-state index in [2.05, 4.69) is 20.3 Å². The molecule has 14 heteroatoms. The number of aromatic nitrogens is 1. The van der Waals surface area contributed by atoms with Gasteiger partial charge in [0.15, 0.2) is 5.69 Å². The van der Waals surface area contributed by atoms with Crippen LogP contribution in [-0.4, -0.2) is 29.6 Å². The highest BCUT2D eigenvalue weighted by atomic mass is 32.2. The highest BCUT2D eigenvalue weighted by molar-refractivity contribution is 7.89. The van der Waals surface area contributed by atoms with Gasteiger partial charge in [0.2, 0.25) is 21.0 Å². The van der Waals surface area contributed by atoms with Crippen molar-refractivity contribution in [3.63, 3.8) is 0 Å². The number of nitrogens with two attached hydrogens (primary N) is 1. The molecule has 0 atom stereocenters. The lowest BCUT2D eigenvalue weighted by atomic mass is 10.0. The third-order valence-electron chi connectivity index (χ3n) is 6.10. The molecule has 0 saturated carbocycles. The molecule has 0 spiro atoms. The number of fused-ring (bicyclic) bond motifs is 2. The topological polar surface area (TPSA) is 131 Å². The number of nitrogens with zero attached hydrogens (tertiary/aromatic N) is 3. The molecule has 1 aromatic heterocycles. The average molecular weight is 600 g/mol. The molecule has 0 unspecified atom stereocenters. The summed E-state index contributed by atoms with van der Waals surface area (Å²) in [6.07, 6.45) is -4.94. The number of sulfonamides is 1. The van der Waals surface area contributed by atoms with Gasteiger partial charge in [0.1, 0.15) is 10.6 Å². The molecule has 0 bridgehead atoms. The van der Waals surface area contributed by atoms with Crippen LogP contribution in [0.15, 0.2) is 100 Å². The fraction of sp³-hybridized carbons (Fsp3) is 0.0741. The number of halogens is 3. The minimum atomic E-state index is -4.94. The molecule has 210 valence electrons. The highest BCUT2D eigenvalue weighted by Crippen LogP contribution is 2.42. The number of rotatable bonds is 6. The first-order chi connectivity index (χ1) is 19.4. The number of aromatic hydroxyl groups is 1. The lowest BCUT2D eigenvalue weighted by molar-refractivity contribution is -0.274. The number of anilines is 1. The van der Waals surface area contributed by atoms with Crippen LogP contribution < -0.4 is 15.2 Å². The normalized spacial score (nSPS) is 12.3. The summed E-state index contributed by atoms with van der Waals surface area (Å²) in [6, 6.07) is 22.6. The summed E-state index contributed by atoms with van der Waals surface area (Å²) in [5.74, 6) is -0.903. The number of ether oxygens (including phenoxy) is 1. The third-order valence-corrected chi connectivity index (χ3v) is 7.25. The van der Waals surface area contributed by atoms with Gasteiger partial charge in [-0.05, 0) is 58.9 Å². The fourth-order valence-electron chi connectivity index (χ4n) is 4.41. The number of hydrogen-bond donors (Lipinski definition) is 3. The van der Waals surface area contributed by atoms with Crippen LogP contribution in [0.4, 0.5) is 24.5 Å². The molecule has 0 radical (unpaired) electrons. The molecule has 0 fully saturated rings. The quantitative estimate of drug-likeness (QED) is 0.149. The van der Waals surface area contributed by atoms with Crippen molar-refractivity contribution >= 4 is 60.4 Å². The minimum absolute atomic E-state index is 0.0439. The van der Waals surface area contributed by atoms with Crippen LogP contribution in [-0.2, 0) is 16.6 Å². The van der Waals surface area contributed by atoms with E-state index in [1.54, 1.807) is 6.07 Å². The number of azo groups is 1. The second-order valence-electron chi connectivity index (χ2n) is 8.79. The van der Waals surface area contributed by atoms with E-state index in [1.165, 1.54) is 28.8 Å². The minimum Gasteiger partial charge on any atom is -0.493 e. The number of primary sulfonamides is 1. The van der Waals surface area contributed by atoms with Gasteiger partial charge in [-0.3, -0.25) is 0 Å². The Hall–Kier alpha value is -4.53. The molecular formula is C27H20F3N5O4S2.